The lowest BCUT2D eigenvalue weighted by Gasteiger charge is -2.19. The second-order valence-corrected chi connectivity index (χ2v) is 8.13. The highest BCUT2D eigenvalue weighted by Crippen LogP contribution is 2.54. The lowest BCUT2D eigenvalue weighted by Crippen LogP contribution is -2.29. The average Bonchev–Trinajstić information content (AvgIpc) is 3.36. The van der Waals surface area contributed by atoms with E-state index in [9.17, 15) is 9.90 Å². The van der Waals surface area contributed by atoms with Gasteiger partial charge in [-0.15, -0.1) is 0 Å². The molecule has 2 aromatic carbocycles. The van der Waals surface area contributed by atoms with Crippen LogP contribution in [0.4, 0.5) is 0 Å². The van der Waals surface area contributed by atoms with Gasteiger partial charge in [0.2, 0.25) is 0 Å². The van der Waals surface area contributed by atoms with Crippen LogP contribution in [0.1, 0.15) is 30.9 Å². The van der Waals surface area contributed by atoms with Crippen molar-refractivity contribution >= 4 is 23.0 Å². The first kappa shape index (κ1) is 17.8. The predicted molar refractivity (Wildman–Crippen MR) is 107 cm³/mol. The molecule has 0 saturated carbocycles. The number of carbonyl (C=O) groups excluding carboxylic acids is 1. The van der Waals surface area contributed by atoms with Gasteiger partial charge in [-0.05, 0) is 60.7 Å². The number of halogens is 1. The van der Waals surface area contributed by atoms with Crippen LogP contribution in [0.25, 0.3) is 5.57 Å². The molecule has 2 aromatic rings. The van der Waals surface area contributed by atoms with Crippen molar-refractivity contribution in [3.63, 3.8) is 0 Å². The molecule has 5 heteroatoms. The summed E-state index contributed by atoms with van der Waals surface area (Å²) in [7, 11) is 0. The minimum Gasteiger partial charge on any atom is -0.511 e. The third kappa shape index (κ3) is 2.66. The first-order valence-electron chi connectivity index (χ1n) is 9.76. The van der Waals surface area contributed by atoms with Crippen LogP contribution < -0.4 is 4.74 Å². The van der Waals surface area contributed by atoms with Crippen LogP contribution >= 0.6 is 11.6 Å². The number of ether oxygens (including phenoxy) is 2. The molecule has 0 aromatic heterocycles. The maximum absolute atomic E-state index is 13.2. The Hall–Kier alpha value is -2.30. The molecular formula is C23H21ClO4. The summed E-state index contributed by atoms with van der Waals surface area (Å²) < 4.78 is 11.8. The van der Waals surface area contributed by atoms with Crippen LogP contribution in [0.5, 0.6) is 11.5 Å². The smallest absolute Gasteiger partial charge is 0.173 e. The minimum absolute atomic E-state index is 0.00399. The Balaban J connectivity index is 1.55. The summed E-state index contributed by atoms with van der Waals surface area (Å²) in [5, 5.41) is 11.6. The summed E-state index contributed by atoms with van der Waals surface area (Å²) in [6, 6.07) is 12.9. The standard InChI is InChI=1S/C23H21ClO4/c1-2-12-6-7-15(27-14-5-3-4-13(24)10-14)11-16(12)19-22(25)20-17-8-9-18(28-17)21(20)23(19)26/h3-7,10-11,17-18,20-21,25H,2,8-9H2,1H3/t17-,18+,20-,21+/m1/s1. The van der Waals surface area contributed by atoms with E-state index in [-0.39, 0.29) is 35.6 Å². The second-order valence-electron chi connectivity index (χ2n) is 7.70. The summed E-state index contributed by atoms with van der Waals surface area (Å²) >= 11 is 6.04. The van der Waals surface area contributed by atoms with Crippen molar-refractivity contribution in [2.24, 2.45) is 11.8 Å². The number of hydrogen-bond donors (Lipinski definition) is 1. The summed E-state index contributed by atoms with van der Waals surface area (Å²) in [5.74, 6) is 1.00. The van der Waals surface area contributed by atoms with Gasteiger partial charge in [-0.1, -0.05) is 30.7 Å². The monoisotopic (exact) mass is 396 g/mol. The largest absolute Gasteiger partial charge is 0.511 e. The zero-order valence-electron chi connectivity index (χ0n) is 15.5. The van der Waals surface area contributed by atoms with Crippen molar-refractivity contribution in [1.82, 2.24) is 0 Å². The van der Waals surface area contributed by atoms with E-state index in [1.165, 1.54) is 0 Å². The molecule has 2 fully saturated rings. The van der Waals surface area contributed by atoms with Crippen molar-refractivity contribution in [3.8, 4) is 11.5 Å². The van der Waals surface area contributed by atoms with Gasteiger partial charge >= 0.3 is 0 Å². The molecule has 1 aliphatic carbocycles. The van der Waals surface area contributed by atoms with Crippen molar-refractivity contribution in [2.45, 2.75) is 38.4 Å². The van der Waals surface area contributed by atoms with E-state index < -0.39 is 0 Å². The van der Waals surface area contributed by atoms with E-state index in [0.29, 0.717) is 22.1 Å². The number of aliphatic hydroxyl groups is 1. The molecule has 144 valence electrons. The zero-order chi connectivity index (χ0) is 19.4. The van der Waals surface area contributed by atoms with E-state index >= 15 is 0 Å². The van der Waals surface area contributed by atoms with Crippen molar-refractivity contribution in [2.75, 3.05) is 0 Å². The molecule has 4 nitrogen and oxygen atoms in total. The SMILES string of the molecule is CCc1ccc(Oc2cccc(Cl)c2)cc1C1=C(O)[C@H]2[C@@H](C1=O)[C@@H]1CC[C@H]2O1. The van der Waals surface area contributed by atoms with Gasteiger partial charge in [0.05, 0.1) is 29.6 Å². The van der Waals surface area contributed by atoms with E-state index in [2.05, 4.69) is 0 Å². The number of carbonyl (C=O) groups is 1. The molecule has 0 amide bonds. The Morgan fingerprint density at radius 2 is 1.86 bits per heavy atom. The number of hydrogen-bond acceptors (Lipinski definition) is 4. The molecule has 1 N–H and O–H groups in total. The topological polar surface area (TPSA) is 55.8 Å². The van der Waals surface area contributed by atoms with Gasteiger partial charge in [0.1, 0.15) is 17.3 Å². The molecule has 0 radical (unpaired) electrons. The van der Waals surface area contributed by atoms with Gasteiger partial charge in [-0.25, -0.2) is 0 Å². The molecule has 28 heavy (non-hydrogen) atoms. The number of aliphatic hydroxyl groups excluding tert-OH is 1. The van der Waals surface area contributed by atoms with Crippen LogP contribution in [0.3, 0.4) is 0 Å². The summed E-state index contributed by atoms with van der Waals surface area (Å²) in [5.41, 5.74) is 2.23. The molecule has 0 spiro atoms. The molecular weight excluding hydrogens is 376 g/mol. The van der Waals surface area contributed by atoms with Gasteiger partial charge in [-0.2, -0.15) is 0 Å². The first-order chi connectivity index (χ1) is 13.6. The van der Waals surface area contributed by atoms with Crippen molar-refractivity contribution < 1.29 is 19.4 Å². The lowest BCUT2D eigenvalue weighted by atomic mass is 9.80. The highest BCUT2D eigenvalue weighted by Gasteiger charge is 2.59. The van der Waals surface area contributed by atoms with E-state index in [4.69, 9.17) is 21.1 Å². The lowest BCUT2D eigenvalue weighted by molar-refractivity contribution is -0.118. The van der Waals surface area contributed by atoms with Crippen molar-refractivity contribution in [3.05, 3.63) is 64.4 Å². The quantitative estimate of drug-likeness (QED) is 0.757. The zero-order valence-corrected chi connectivity index (χ0v) is 16.3. The first-order valence-corrected chi connectivity index (χ1v) is 10.1. The van der Waals surface area contributed by atoms with Crippen LogP contribution in [0.15, 0.2) is 48.2 Å². The predicted octanol–water partition coefficient (Wildman–Crippen LogP) is 5.34. The van der Waals surface area contributed by atoms with Gasteiger partial charge < -0.3 is 14.6 Å². The Bertz CT molecular complexity index is 996. The maximum Gasteiger partial charge on any atom is 0.173 e. The number of allylic oxidation sites excluding steroid dienone is 1. The maximum atomic E-state index is 13.2. The Morgan fingerprint density at radius 3 is 2.57 bits per heavy atom. The van der Waals surface area contributed by atoms with Crippen LogP contribution in [-0.4, -0.2) is 23.1 Å². The van der Waals surface area contributed by atoms with E-state index in [0.717, 1.165) is 30.4 Å². The molecule has 3 aliphatic rings. The molecule has 5 rings (SSSR count). The summed E-state index contributed by atoms with van der Waals surface area (Å²) in [6.45, 7) is 2.04. The highest BCUT2D eigenvalue weighted by molar-refractivity contribution is 6.30. The van der Waals surface area contributed by atoms with E-state index in [1.807, 2.05) is 37.3 Å². The number of ketones is 1. The fraction of sp³-hybridized carbons (Fsp3) is 0.348. The van der Waals surface area contributed by atoms with Crippen LogP contribution in [0, 0.1) is 11.8 Å². The highest BCUT2D eigenvalue weighted by atomic mass is 35.5. The molecule has 2 saturated heterocycles. The molecule has 2 heterocycles. The number of Topliss-reactive ketones (excluding diaryl/α,β-unsaturated/α-hetero) is 1. The summed E-state index contributed by atoms with van der Waals surface area (Å²) in [4.78, 5) is 13.2. The number of rotatable bonds is 4. The summed E-state index contributed by atoms with van der Waals surface area (Å²) in [6.07, 6.45) is 2.48. The number of benzene rings is 2. The van der Waals surface area contributed by atoms with Gasteiger partial charge in [0.25, 0.3) is 0 Å². The molecule has 0 unspecified atom stereocenters. The van der Waals surface area contributed by atoms with E-state index in [1.54, 1.807) is 12.1 Å². The molecule has 4 atom stereocenters. The third-order valence-electron chi connectivity index (χ3n) is 6.16. The Kier molecular flexibility index (Phi) is 4.22. The number of aryl methyl sites for hydroxylation is 1. The van der Waals surface area contributed by atoms with Crippen molar-refractivity contribution in [1.29, 1.82) is 0 Å². The Morgan fingerprint density at radius 1 is 1.11 bits per heavy atom. The average molecular weight is 397 g/mol. The Labute approximate surface area is 168 Å². The second kappa shape index (κ2) is 6.64. The van der Waals surface area contributed by atoms with Gasteiger partial charge in [0.15, 0.2) is 5.78 Å². The molecule has 2 aliphatic heterocycles. The fourth-order valence-electron chi connectivity index (χ4n) is 4.92. The van der Waals surface area contributed by atoms with Crippen LogP contribution in [0.2, 0.25) is 5.02 Å². The third-order valence-corrected chi connectivity index (χ3v) is 6.39. The normalized spacial score (nSPS) is 28.1. The number of fused-ring (bicyclic) bond motifs is 5. The van der Waals surface area contributed by atoms with Gasteiger partial charge in [-0.3, -0.25) is 4.79 Å². The molecule has 2 bridgehead atoms. The van der Waals surface area contributed by atoms with Crippen LogP contribution in [-0.2, 0) is 16.0 Å². The van der Waals surface area contributed by atoms with Gasteiger partial charge in [0, 0.05) is 5.02 Å². The fourth-order valence-corrected chi connectivity index (χ4v) is 5.10. The minimum atomic E-state index is -0.240.